The summed E-state index contributed by atoms with van der Waals surface area (Å²) in [6.07, 6.45) is 2.02. The Bertz CT molecular complexity index is 689. The molecule has 5 nitrogen and oxygen atoms in total. The Morgan fingerprint density at radius 1 is 1.17 bits per heavy atom. The van der Waals surface area contributed by atoms with Gasteiger partial charge in [-0.15, -0.1) is 11.8 Å². The highest BCUT2D eigenvalue weighted by Gasteiger charge is 2.24. The molecule has 1 N–H and O–H groups in total. The van der Waals surface area contributed by atoms with Gasteiger partial charge in [-0.2, -0.15) is 5.10 Å². The lowest BCUT2D eigenvalue weighted by molar-refractivity contribution is 0.0691. The van der Waals surface area contributed by atoms with Gasteiger partial charge in [0, 0.05) is 29.8 Å². The summed E-state index contributed by atoms with van der Waals surface area (Å²) in [6, 6.07) is 13.2. The van der Waals surface area contributed by atoms with Gasteiger partial charge in [0.2, 0.25) is 0 Å². The Hall–Kier alpha value is -2.08. The SMILES string of the molecule is O=C(c1ccc(=O)[nH]n1)N1CCC(CSc2ccccc2)CC1. The molecule has 1 aromatic carbocycles. The quantitative estimate of drug-likeness (QED) is 0.875. The molecule has 1 aromatic heterocycles. The number of H-pyrrole nitrogens is 1. The number of aromatic nitrogens is 2. The zero-order valence-corrected chi connectivity index (χ0v) is 13.6. The highest BCUT2D eigenvalue weighted by molar-refractivity contribution is 7.99. The molecule has 6 heteroatoms. The Morgan fingerprint density at radius 2 is 1.91 bits per heavy atom. The van der Waals surface area contributed by atoms with Crippen LogP contribution in [-0.4, -0.2) is 39.8 Å². The van der Waals surface area contributed by atoms with E-state index in [-0.39, 0.29) is 11.5 Å². The van der Waals surface area contributed by atoms with Gasteiger partial charge in [-0.05, 0) is 37.0 Å². The molecule has 120 valence electrons. The molecular formula is C17H19N3O2S. The third kappa shape index (κ3) is 4.22. The second-order valence-corrected chi connectivity index (χ2v) is 6.76. The van der Waals surface area contributed by atoms with Crippen molar-refractivity contribution in [1.29, 1.82) is 0 Å². The zero-order chi connectivity index (χ0) is 16.1. The summed E-state index contributed by atoms with van der Waals surface area (Å²) in [6.45, 7) is 1.50. The van der Waals surface area contributed by atoms with Gasteiger partial charge >= 0.3 is 0 Å². The smallest absolute Gasteiger partial charge is 0.274 e. The van der Waals surface area contributed by atoms with Crippen molar-refractivity contribution >= 4 is 17.7 Å². The van der Waals surface area contributed by atoms with E-state index in [4.69, 9.17) is 0 Å². The number of rotatable bonds is 4. The van der Waals surface area contributed by atoms with Crippen LogP contribution >= 0.6 is 11.8 Å². The topological polar surface area (TPSA) is 66.1 Å². The van der Waals surface area contributed by atoms with E-state index in [0.717, 1.165) is 31.7 Å². The number of nitrogens with one attached hydrogen (secondary N) is 1. The molecule has 0 unspecified atom stereocenters. The maximum Gasteiger partial charge on any atom is 0.274 e. The molecule has 1 fully saturated rings. The first-order chi connectivity index (χ1) is 11.2. The molecule has 0 spiro atoms. The van der Waals surface area contributed by atoms with Crippen LogP contribution in [0.3, 0.4) is 0 Å². The molecule has 23 heavy (non-hydrogen) atoms. The summed E-state index contributed by atoms with van der Waals surface area (Å²) in [4.78, 5) is 26.5. The largest absolute Gasteiger partial charge is 0.337 e. The molecule has 1 amide bonds. The molecule has 0 radical (unpaired) electrons. The van der Waals surface area contributed by atoms with E-state index in [2.05, 4.69) is 34.5 Å². The van der Waals surface area contributed by atoms with Crippen molar-refractivity contribution < 1.29 is 4.79 Å². The monoisotopic (exact) mass is 329 g/mol. The molecule has 1 aliphatic rings. The number of carbonyl (C=O) groups excluding carboxylic acids is 1. The van der Waals surface area contributed by atoms with Crippen molar-refractivity contribution in [2.45, 2.75) is 17.7 Å². The van der Waals surface area contributed by atoms with Crippen molar-refractivity contribution in [3.63, 3.8) is 0 Å². The van der Waals surface area contributed by atoms with Crippen LogP contribution in [0.4, 0.5) is 0 Å². The molecule has 0 aliphatic carbocycles. The Kier molecular flexibility index (Phi) is 5.12. The molecule has 2 heterocycles. The number of piperidine rings is 1. The van der Waals surface area contributed by atoms with Crippen molar-refractivity contribution in [3.8, 4) is 0 Å². The normalized spacial score (nSPS) is 15.6. The molecular weight excluding hydrogens is 310 g/mol. The van der Waals surface area contributed by atoms with E-state index in [1.807, 2.05) is 22.7 Å². The number of benzene rings is 1. The third-order valence-electron chi connectivity index (χ3n) is 4.03. The van der Waals surface area contributed by atoms with Crippen LogP contribution in [0.2, 0.25) is 0 Å². The van der Waals surface area contributed by atoms with Crippen LogP contribution < -0.4 is 5.56 Å². The lowest BCUT2D eigenvalue weighted by Crippen LogP contribution is -2.39. The van der Waals surface area contributed by atoms with E-state index in [1.165, 1.54) is 17.0 Å². The zero-order valence-electron chi connectivity index (χ0n) is 12.8. The van der Waals surface area contributed by atoms with Gasteiger partial charge in [0.15, 0.2) is 0 Å². The molecule has 1 aliphatic heterocycles. The fourth-order valence-corrected chi connectivity index (χ4v) is 3.77. The second-order valence-electron chi connectivity index (χ2n) is 5.67. The molecule has 2 aromatic rings. The van der Waals surface area contributed by atoms with E-state index >= 15 is 0 Å². The summed E-state index contributed by atoms with van der Waals surface area (Å²) < 4.78 is 0. The number of amides is 1. The van der Waals surface area contributed by atoms with Crippen molar-refractivity contribution in [3.05, 3.63) is 58.5 Å². The van der Waals surface area contributed by atoms with E-state index in [1.54, 1.807) is 0 Å². The average molecular weight is 329 g/mol. The Balaban J connectivity index is 1.49. The maximum absolute atomic E-state index is 12.3. The van der Waals surface area contributed by atoms with E-state index in [9.17, 15) is 9.59 Å². The number of nitrogens with zero attached hydrogens (tertiary/aromatic N) is 2. The van der Waals surface area contributed by atoms with Crippen LogP contribution in [0.1, 0.15) is 23.3 Å². The predicted octanol–water partition coefficient (Wildman–Crippen LogP) is 2.41. The van der Waals surface area contributed by atoms with Crippen molar-refractivity contribution in [1.82, 2.24) is 15.1 Å². The van der Waals surface area contributed by atoms with E-state index < -0.39 is 0 Å². The minimum absolute atomic E-state index is 0.101. The number of carbonyl (C=O) groups is 1. The van der Waals surface area contributed by atoms with Crippen LogP contribution in [0.15, 0.2) is 52.2 Å². The minimum Gasteiger partial charge on any atom is -0.337 e. The number of thioether (sulfide) groups is 1. The van der Waals surface area contributed by atoms with Crippen molar-refractivity contribution in [2.75, 3.05) is 18.8 Å². The van der Waals surface area contributed by atoms with Crippen LogP contribution in [0.25, 0.3) is 0 Å². The highest BCUT2D eigenvalue weighted by Crippen LogP contribution is 2.26. The third-order valence-corrected chi connectivity index (χ3v) is 5.27. The van der Waals surface area contributed by atoms with Gasteiger partial charge in [-0.3, -0.25) is 9.59 Å². The first-order valence-electron chi connectivity index (χ1n) is 7.75. The number of hydrogen-bond acceptors (Lipinski definition) is 4. The maximum atomic E-state index is 12.3. The number of likely N-dealkylation sites (tertiary alicyclic amines) is 1. The minimum atomic E-state index is -0.293. The highest BCUT2D eigenvalue weighted by atomic mass is 32.2. The fourth-order valence-electron chi connectivity index (χ4n) is 2.66. The molecule has 0 saturated carbocycles. The second kappa shape index (κ2) is 7.46. The van der Waals surface area contributed by atoms with Crippen molar-refractivity contribution in [2.24, 2.45) is 5.92 Å². The number of aromatic amines is 1. The van der Waals surface area contributed by atoms with Gasteiger partial charge in [-0.1, -0.05) is 18.2 Å². The lowest BCUT2D eigenvalue weighted by atomic mass is 9.99. The van der Waals surface area contributed by atoms with E-state index in [0.29, 0.717) is 11.6 Å². The number of hydrogen-bond donors (Lipinski definition) is 1. The summed E-state index contributed by atoms with van der Waals surface area (Å²) in [5.74, 6) is 1.62. The predicted molar refractivity (Wildman–Crippen MR) is 90.7 cm³/mol. The Morgan fingerprint density at radius 3 is 2.57 bits per heavy atom. The molecule has 0 atom stereocenters. The summed E-state index contributed by atoms with van der Waals surface area (Å²) in [7, 11) is 0. The van der Waals surface area contributed by atoms with Gasteiger partial charge in [-0.25, -0.2) is 5.10 Å². The van der Waals surface area contributed by atoms with Crippen LogP contribution in [0.5, 0.6) is 0 Å². The van der Waals surface area contributed by atoms with Crippen LogP contribution in [0, 0.1) is 5.92 Å². The summed E-state index contributed by atoms with van der Waals surface area (Å²) in [5.41, 5.74) is 0.0138. The van der Waals surface area contributed by atoms with Gasteiger partial charge in [0.25, 0.3) is 11.5 Å². The van der Waals surface area contributed by atoms with Crippen LogP contribution in [-0.2, 0) is 0 Å². The lowest BCUT2D eigenvalue weighted by Gasteiger charge is -2.31. The first-order valence-corrected chi connectivity index (χ1v) is 8.74. The molecule has 1 saturated heterocycles. The molecule has 0 bridgehead atoms. The molecule has 3 rings (SSSR count). The first kappa shape index (κ1) is 15.8. The van der Waals surface area contributed by atoms with Gasteiger partial charge in [0.05, 0.1) is 0 Å². The summed E-state index contributed by atoms with van der Waals surface area (Å²) in [5, 5.41) is 6.13. The standard InChI is InChI=1S/C17H19N3O2S/c21-16-7-6-15(18-19-16)17(22)20-10-8-13(9-11-20)12-23-14-4-2-1-3-5-14/h1-7,13H,8-12H2,(H,19,21). The van der Waals surface area contributed by atoms with Gasteiger partial charge < -0.3 is 4.90 Å². The average Bonchev–Trinajstić information content (AvgIpc) is 2.61. The Labute approximate surface area is 139 Å². The fraction of sp³-hybridized carbons (Fsp3) is 0.353. The summed E-state index contributed by atoms with van der Waals surface area (Å²) >= 11 is 1.88. The van der Waals surface area contributed by atoms with Gasteiger partial charge in [0.1, 0.15) is 5.69 Å².